The lowest BCUT2D eigenvalue weighted by atomic mass is 9.33. The maximum Gasteiger partial charge on any atom is 0.252 e. The molecule has 0 saturated carbocycles. The van der Waals surface area contributed by atoms with Crippen molar-refractivity contribution in [1.82, 2.24) is 0 Å². The summed E-state index contributed by atoms with van der Waals surface area (Å²) in [7, 11) is 0. The molecule has 19 aromatic rings. The first-order valence-corrected chi connectivity index (χ1v) is 39.0. The molecule has 0 N–H and O–H groups in total. The van der Waals surface area contributed by atoms with Crippen LogP contribution in [0.2, 0.25) is 0 Å². The topological polar surface area (TPSA) is 19.6 Å². The number of hydrogen-bond donors (Lipinski definition) is 0. The van der Waals surface area contributed by atoms with Gasteiger partial charge in [-0.05, 0) is 211 Å². The summed E-state index contributed by atoms with van der Waals surface area (Å²) in [5.74, 6) is 0. The molecule has 1 aromatic heterocycles. The average Bonchev–Trinajstić information content (AvgIpc) is 0.761. The molecule has 4 heteroatoms. The van der Waals surface area contributed by atoms with Gasteiger partial charge in [-0.15, -0.1) is 0 Å². The van der Waals surface area contributed by atoms with E-state index in [1.165, 1.54) is 65.8 Å². The van der Waals surface area contributed by atoms with E-state index < -0.39 is 0 Å². The SMILES string of the molecule is CC(C)(C)c1cc2c3c(c1)N(c1c(-c4ccccc4)cc(-c4ccccc4)cc1-c1ccccc1)c1cc(-c4ccc5c(-c6ccccc6)c6ccccc6c(-c6ccccc6)c5c4)ccc1B3c1ccc(-c3ccc4c(c3)oc3ccccc34)cc1N2c1c(-c2ccccc2)cc(-c2ccccc2)cc1-c1ccccc1. The van der Waals surface area contributed by atoms with Crippen molar-refractivity contribution in [3.63, 3.8) is 0 Å². The van der Waals surface area contributed by atoms with Gasteiger partial charge in [-0.2, -0.15) is 0 Å². The van der Waals surface area contributed by atoms with Crippen LogP contribution in [0.15, 0.2) is 405 Å². The van der Waals surface area contributed by atoms with Crippen LogP contribution in [-0.4, -0.2) is 6.71 Å². The highest BCUT2D eigenvalue weighted by Gasteiger charge is 2.46. The summed E-state index contributed by atoms with van der Waals surface area (Å²) < 4.78 is 6.74. The first-order chi connectivity index (χ1) is 55.2. The van der Waals surface area contributed by atoms with Crippen molar-refractivity contribution in [2.75, 3.05) is 9.80 Å². The third-order valence-corrected chi connectivity index (χ3v) is 23.4. The molecule has 112 heavy (non-hydrogen) atoms. The van der Waals surface area contributed by atoms with Crippen molar-refractivity contribution in [3.05, 3.63) is 406 Å². The zero-order chi connectivity index (χ0) is 74.5. The predicted molar refractivity (Wildman–Crippen MR) is 476 cm³/mol. The Morgan fingerprint density at radius 3 is 0.946 bits per heavy atom. The summed E-state index contributed by atoms with van der Waals surface area (Å²) >= 11 is 0. The van der Waals surface area contributed by atoms with Gasteiger partial charge in [0.25, 0.3) is 6.71 Å². The van der Waals surface area contributed by atoms with Crippen LogP contribution in [0.3, 0.4) is 0 Å². The molecule has 0 saturated heterocycles. The molecule has 0 amide bonds. The van der Waals surface area contributed by atoms with Crippen molar-refractivity contribution in [1.29, 1.82) is 0 Å². The van der Waals surface area contributed by atoms with Gasteiger partial charge in [0.1, 0.15) is 11.2 Å². The molecule has 0 radical (unpaired) electrons. The van der Waals surface area contributed by atoms with Crippen LogP contribution < -0.4 is 26.2 Å². The number of furan rings is 1. The van der Waals surface area contributed by atoms with Crippen molar-refractivity contribution in [2.45, 2.75) is 26.2 Å². The monoisotopic (exact) mass is 1430 g/mol. The van der Waals surface area contributed by atoms with Crippen LogP contribution in [0, 0.1) is 0 Å². The van der Waals surface area contributed by atoms with Crippen LogP contribution in [0.1, 0.15) is 26.3 Å². The molecule has 526 valence electrons. The highest BCUT2D eigenvalue weighted by molar-refractivity contribution is 7.00. The van der Waals surface area contributed by atoms with E-state index in [0.717, 1.165) is 145 Å². The number of hydrogen-bond acceptors (Lipinski definition) is 3. The second-order valence-electron chi connectivity index (χ2n) is 31.0. The number of rotatable bonds is 12. The Morgan fingerprint density at radius 1 is 0.223 bits per heavy atom. The minimum atomic E-state index is -0.363. The molecule has 2 aliphatic rings. The fraction of sp³-hybridized carbons (Fsp3) is 0.0370. The minimum Gasteiger partial charge on any atom is -0.456 e. The Hall–Kier alpha value is -14.1. The largest absolute Gasteiger partial charge is 0.456 e. The Morgan fingerprint density at radius 2 is 0.536 bits per heavy atom. The molecular weight excluding hydrogens is 1350 g/mol. The molecule has 18 aromatic carbocycles. The first-order valence-electron chi connectivity index (χ1n) is 39.0. The zero-order valence-electron chi connectivity index (χ0n) is 62.5. The van der Waals surface area contributed by atoms with Gasteiger partial charge in [0.2, 0.25) is 0 Å². The summed E-state index contributed by atoms with van der Waals surface area (Å²) in [6, 6.07) is 150. The van der Waals surface area contributed by atoms with E-state index in [0.29, 0.717) is 0 Å². The highest BCUT2D eigenvalue weighted by atomic mass is 16.3. The molecule has 0 spiro atoms. The predicted octanol–water partition coefficient (Wildman–Crippen LogP) is 27.9. The Bertz CT molecular complexity index is 6750. The summed E-state index contributed by atoms with van der Waals surface area (Å²) in [6.45, 7) is 6.90. The number of nitrogens with zero attached hydrogens (tertiary/aromatic N) is 2. The van der Waals surface area contributed by atoms with E-state index in [9.17, 15) is 0 Å². The molecule has 0 bridgehead atoms. The third kappa shape index (κ3) is 11.2. The van der Waals surface area contributed by atoms with E-state index in [2.05, 4.69) is 431 Å². The highest BCUT2D eigenvalue weighted by Crippen LogP contribution is 2.56. The number of benzene rings is 18. The molecule has 0 unspecified atom stereocenters. The van der Waals surface area contributed by atoms with Crippen LogP contribution in [0.25, 0.3) is 155 Å². The van der Waals surface area contributed by atoms with E-state index in [-0.39, 0.29) is 12.1 Å². The molecule has 2 aliphatic heterocycles. The lowest BCUT2D eigenvalue weighted by Gasteiger charge is -2.46. The van der Waals surface area contributed by atoms with Crippen molar-refractivity contribution in [3.8, 4) is 111 Å². The third-order valence-electron chi connectivity index (χ3n) is 23.4. The quantitative estimate of drug-likeness (QED) is 0.0898. The standard InChI is InChI=1S/C108H75BN2O/c1-108(2,3)84-68-99-105-100(69-84)111(107-92(74-40-20-8-21-41-74)63-83(71-34-14-5-15-35-71)64-93(107)75-42-22-9-23-43-75)98-66-80(81-52-56-86-85-48-30-31-51-101(85)112-102(86)67-81)55-59-96(98)109(105)95-58-54-79(78-53-57-89-94(60-78)104(77-46-26-11-27-47-77)88-50-29-28-49-87(88)103(89)76-44-24-10-25-45-76)65-97(95)110(99)106-90(72-36-16-6-17-37-72)61-82(70-32-12-4-13-33-70)62-91(106)73-38-18-7-19-39-73/h4-69H,1-3H3. The van der Waals surface area contributed by atoms with Crippen molar-refractivity contribution in [2.24, 2.45) is 0 Å². The Balaban J connectivity index is 0.909. The van der Waals surface area contributed by atoms with Crippen LogP contribution in [0.4, 0.5) is 34.1 Å². The van der Waals surface area contributed by atoms with Crippen LogP contribution in [0.5, 0.6) is 0 Å². The molecule has 0 fully saturated rings. The zero-order valence-corrected chi connectivity index (χ0v) is 62.5. The fourth-order valence-corrected chi connectivity index (χ4v) is 18.1. The second kappa shape index (κ2) is 27.0. The molecule has 0 atom stereocenters. The van der Waals surface area contributed by atoms with E-state index in [1.807, 2.05) is 0 Å². The van der Waals surface area contributed by atoms with Crippen LogP contribution in [-0.2, 0) is 5.41 Å². The van der Waals surface area contributed by atoms with Gasteiger partial charge in [0.05, 0.1) is 11.4 Å². The molecule has 21 rings (SSSR count). The summed E-state index contributed by atoms with van der Waals surface area (Å²) in [5, 5.41) is 7.07. The minimum absolute atomic E-state index is 0.272. The van der Waals surface area contributed by atoms with Crippen molar-refractivity contribution >= 4 is 101 Å². The van der Waals surface area contributed by atoms with E-state index >= 15 is 0 Å². The lowest BCUT2D eigenvalue weighted by Crippen LogP contribution is -2.61. The normalized spacial score (nSPS) is 12.4. The molecular formula is C108H75BN2O. The summed E-state index contributed by atoms with van der Waals surface area (Å²) in [5.41, 5.74) is 35.7. The van der Waals surface area contributed by atoms with Crippen molar-refractivity contribution < 1.29 is 4.42 Å². The molecule has 3 nitrogen and oxygen atoms in total. The first kappa shape index (κ1) is 66.2. The summed E-state index contributed by atoms with van der Waals surface area (Å²) in [4.78, 5) is 5.41. The van der Waals surface area contributed by atoms with Gasteiger partial charge >= 0.3 is 0 Å². The van der Waals surface area contributed by atoms with Gasteiger partial charge in [-0.1, -0.05) is 348 Å². The van der Waals surface area contributed by atoms with E-state index in [1.54, 1.807) is 0 Å². The van der Waals surface area contributed by atoms with Gasteiger partial charge in [0.15, 0.2) is 0 Å². The Labute approximate surface area is 654 Å². The van der Waals surface area contributed by atoms with Gasteiger partial charge in [0, 0.05) is 55.8 Å². The fourth-order valence-electron chi connectivity index (χ4n) is 18.1. The Kier molecular flexibility index (Phi) is 15.9. The van der Waals surface area contributed by atoms with Gasteiger partial charge in [-0.25, -0.2) is 0 Å². The smallest absolute Gasteiger partial charge is 0.252 e. The van der Waals surface area contributed by atoms with E-state index in [4.69, 9.17) is 4.42 Å². The number of anilines is 6. The molecule has 3 heterocycles. The maximum absolute atomic E-state index is 6.74. The maximum atomic E-state index is 6.74. The lowest BCUT2D eigenvalue weighted by molar-refractivity contribution is 0.590. The van der Waals surface area contributed by atoms with Crippen LogP contribution >= 0.6 is 0 Å². The average molecular weight is 1430 g/mol. The second-order valence-corrected chi connectivity index (χ2v) is 31.0. The molecule has 0 aliphatic carbocycles. The van der Waals surface area contributed by atoms with Gasteiger partial charge < -0.3 is 14.2 Å². The van der Waals surface area contributed by atoms with Gasteiger partial charge in [-0.3, -0.25) is 0 Å². The number of para-hydroxylation sites is 1. The summed E-state index contributed by atoms with van der Waals surface area (Å²) in [6.07, 6.45) is 0. The number of fused-ring (bicyclic) bond motifs is 9.